The van der Waals surface area contributed by atoms with E-state index >= 15 is 4.39 Å². The third-order valence-corrected chi connectivity index (χ3v) is 8.24. The maximum Gasteiger partial charge on any atom is 0.414 e. The van der Waals surface area contributed by atoms with Gasteiger partial charge in [-0.25, -0.2) is 9.18 Å². The molecule has 14 nitrogen and oxygen atoms in total. The van der Waals surface area contributed by atoms with Crippen LogP contribution in [0, 0.1) is 5.82 Å². The molecule has 2 aliphatic rings. The lowest BCUT2D eigenvalue weighted by Gasteiger charge is -2.27. The van der Waals surface area contributed by atoms with Gasteiger partial charge in [0.1, 0.15) is 18.5 Å². The Balaban J connectivity index is 1.38. The van der Waals surface area contributed by atoms with E-state index in [4.69, 9.17) is 32.5 Å². The van der Waals surface area contributed by atoms with E-state index in [1.807, 2.05) is 0 Å². The summed E-state index contributed by atoms with van der Waals surface area (Å²) in [6.45, 7) is 0.223. The number of benzene rings is 1. The Morgan fingerprint density at radius 3 is 2.60 bits per heavy atom. The highest BCUT2D eigenvalue weighted by atomic mass is 35.5. The first kappa shape index (κ1) is 33.8. The second-order valence-corrected chi connectivity index (χ2v) is 12.0. The van der Waals surface area contributed by atoms with Gasteiger partial charge in [0.05, 0.1) is 47.1 Å². The topological polar surface area (TPSA) is 195 Å². The van der Waals surface area contributed by atoms with E-state index in [0.717, 1.165) is 27.2 Å². The van der Waals surface area contributed by atoms with Gasteiger partial charge in [-0.05, 0) is 43.2 Å². The molecule has 2 aromatic rings. The number of hydrogen-bond acceptors (Lipinski definition) is 10. The highest BCUT2D eigenvalue weighted by molar-refractivity contribution is 7.18. The number of carbonyl (C=O) groups is 6. The number of nitrogens with zero attached hydrogens (tertiary/aromatic N) is 3. The van der Waals surface area contributed by atoms with Crippen molar-refractivity contribution in [1.29, 1.82) is 0 Å². The Hall–Kier alpha value is -4.12. The molecule has 2 atom stereocenters. The van der Waals surface area contributed by atoms with Crippen molar-refractivity contribution in [3.05, 3.63) is 45.4 Å². The van der Waals surface area contributed by atoms with Gasteiger partial charge in [0, 0.05) is 25.2 Å². The first-order valence-electron chi connectivity index (χ1n) is 14.0. The summed E-state index contributed by atoms with van der Waals surface area (Å²) in [4.78, 5) is 77.9. The van der Waals surface area contributed by atoms with Crippen molar-refractivity contribution < 1.29 is 42.6 Å². The molecule has 0 spiro atoms. The summed E-state index contributed by atoms with van der Waals surface area (Å²) in [5.74, 6) is -3.52. The van der Waals surface area contributed by atoms with Gasteiger partial charge in [-0.1, -0.05) is 11.6 Å². The summed E-state index contributed by atoms with van der Waals surface area (Å²) in [5, 5.41) is 2.59. The molecule has 0 bridgehead atoms. The van der Waals surface area contributed by atoms with Crippen LogP contribution in [0.25, 0.3) is 0 Å². The summed E-state index contributed by atoms with van der Waals surface area (Å²) in [6, 6.07) is 5.91. The molecule has 1 aromatic heterocycles. The predicted octanol–water partition coefficient (Wildman–Crippen LogP) is 1.39. The monoisotopic (exact) mass is 666 g/mol. The van der Waals surface area contributed by atoms with Crippen LogP contribution in [0.1, 0.15) is 35.4 Å². The van der Waals surface area contributed by atoms with Gasteiger partial charge in [-0.2, -0.15) is 0 Å². The summed E-state index contributed by atoms with van der Waals surface area (Å²) < 4.78 is 26.0. The molecule has 0 unspecified atom stereocenters. The lowest BCUT2D eigenvalue weighted by Crippen LogP contribution is -2.43. The molecule has 45 heavy (non-hydrogen) atoms. The smallest absolute Gasteiger partial charge is 0.414 e. The Labute approximate surface area is 266 Å². The minimum absolute atomic E-state index is 0.0672. The maximum absolute atomic E-state index is 15.2. The van der Waals surface area contributed by atoms with E-state index in [2.05, 4.69) is 5.32 Å². The highest BCUT2D eigenvalue weighted by Crippen LogP contribution is 2.30. The Bertz CT molecular complexity index is 1470. The fourth-order valence-corrected chi connectivity index (χ4v) is 5.68. The van der Waals surface area contributed by atoms with Gasteiger partial charge in [-0.3, -0.25) is 33.8 Å². The van der Waals surface area contributed by atoms with Crippen molar-refractivity contribution in [2.45, 2.75) is 37.8 Å². The second-order valence-electron chi connectivity index (χ2n) is 10.3. The van der Waals surface area contributed by atoms with Gasteiger partial charge in [-0.15, -0.1) is 11.3 Å². The molecule has 2 saturated heterocycles. The van der Waals surface area contributed by atoms with E-state index in [1.54, 1.807) is 0 Å². The Morgan fingerprint density at radius 1 is 1.16 bits per heavy atom. The van der Waals surface area contributed by atoms with Crippen LogP contribution >= 0.6 is 22.9 Å². The molecule has 6 amide bonds. The average Bonchev–Trinajstić information content (AvgIpc) is 3.60. The van der Waals surface area contributed by atoms with Crippen molar-refractivity contribution >= 4 is 69.9 Å². The number of thiophene rings is 1. The lowest BCUT2D eigenvalue weighted by molar-refractivity contribution is -0.129. The van der Waals surface area contributed by atoms with Crippen molar-refractivity contribution in [2.75, 3.05) is 49.2 Å². The SMILES string of the molecule is NC(=O)[C@@H](N)CC(=O)NCCCCC(=O)N(C[C@H]1CN(c2ccc(N3CCOCC3=O)cc2F)C(=O)O1)C(=O)c1ccc(Cl)s1. The van der Waals surface area contributed by atoms with E-state index in [-0.39, 0.29) is 62.1 Å². The molecule has 0 aliphatic carbocycles. The number of nitrogens with two attached hydrogens (primary N) is 2. The molecule has 17 heteroatoms. The molecule has 2 fully saturated rings. The quantitative estimate of drug-likeness (QED) is 0.265. The molecule has 4 rings (SSSR count). The van der Waals surface area contributed by atoms with Crippen molar-refractivity contribution in [1.82, 2.24) is 10.2 Å². The van der Waals surface area contributed by atoms with E-state index in [1.165, 1.54) is 29.2 Å². The third-order valence-electron chi connectivity index (χ3n) is 7.02. The van der Waals surface area contributed by atoms with Crippen LogP contribution < -0.4 is 26.6 Å². The number of carbonyl (C=O) groups excluding carboxylic acids is 6. The number of imide groups is 1. The van der Waals surface area contributed by atoms with Crippen LogP contribution in [0.4, 0.5) is 20.6 Å². The number of primary amides is 1. The fraction of sp³-hybridized carbons (Fsp3) is 0.429. The third kappa shape index (κ3) is 8.75. The molecule has 1 aromatic carbocycles. The van der Waals surface area contributed by atoms with Crippen LogP contribution in [-0.2, 0) is 28.7 Å². The lowest BCUT2D eigenvalue weighted by atomic mass is 10.1. The summed E-state index contributed by atoms with van der Waals surface area (Å²) in [5.41, 5.74) is 10.8. The normalized spacial score (nSPS) is 17.2. The number of cyclic esters (lactones) is 1. The molecule has 0 saturated carbocycles. The molecular weight excluding hydrogens is 635 g/mol. The molecule has 5 N–H and O–H groups in total. The first-order valence-corrected chi connectivity index (χ1v) is 15.2. The zero-order valence-electron chi connectivity index (χ0n) is 24.0. The second kappa shape index (κ2) is 15.2. The van der Waals surface area contributed by atoms with E-state index in [0.29, 0.717) is 29.5 Å². The summed E-state index contributed by atoms with van der Waals surface area (Å²) >= 11 is 6.98. The number of amides is 6. The number of hydrogen-bond donors (Lipinski definition) is 3. The van der Waals surface area contributed by atoms with Crippen LogP contribution in [-0.4, -0.2) is 92.1 Å². The Kier molecular flexibility index (Phi) is 11.4. The number of morpholine rings is 1. The van der Waals surface area contributed by atoms with Gasteiger partial charge in [0.2, 0.25) is 17.7 Å². The average molecular weight is 667 g/mol. The van der Waals surface area contributed by atoms with E-state index < -0.39 is 47.7 Å². The molecule has 2 aliphatic heterocycles. The minimum atomic E-state index is -1.10. The predicted molar refractivity (Wildman–Crippen MR) is 161 cm³/mol. The van der Waals surface area contributed by atoms with Crippen molar-refractivity contribution in [2.24, 2.45) is 11.5 Å². The molecule has 242 valence electrons. The van der Waals surface area contributed by atoms with E-state index in [9.17, 15) is 28.8 Å². The van der Waals surface area contributed by atoms with Gasteiger partial charge >= 0.3 is 6.09 Å². The first-order chi connectivity index (χ1) is 21.4. The maximum atomic E-state index is 15.2. The summed E-state index contributed by atoms with van der Waals surface area (Å²) in [6.07, 6.45) is -1.47. The fourth-order valence-electron chi connectivity index (χ4n) is 4.69. The number of ether oxygens (including phenoxy) is 2. The largest absolute Gasteiger partial charge is 0.442 e. The van der Waals surface area contributed by atoms with Crippen molar-refractivity contribution in [3.63, 3.8) is 0 Å². The number of rotatable bonds is 13. The zero-order valence-corrected chi connectivity index (χ0v) is 25.6. The van der Waals surface area contributed by atoms with Crippen LogP contribution in [0.5, 0.6) is 0 Å². The van der Waals surface area contributed by atoms with Gasteiger partial charge < -0.3 is 31.2 Å². The minimum Gasteiger partial charge on any atom is -0.442 e. The van der Waals surface area contributed by atoms with Gasteiger partial charge in [0.25, 0.3) is 11.8 Å². The van der Waals surface area contributed by atoms with Crippen molar-refractivity contribution in [3.8, 4) is 0 Å². The molecule has 0 radical (unpaired) electrons. The van der Waals surface area contributed by atoms with Crippen LogP contribution in [0.2, 0.25) is 4.34 Å². The molecular formula is C28H32ClFN6O8S. The number of anilines is 2. The summed E-state index contributed by atoms with van der Waals surface area (Å²) in [7, 11) is 0. The van der Waals surface area contributed by atoms with Gasteiger partial charge in [0.15, 0.2) is 0 Å². The zero-order chi connectivity index (χ0) is 32.7. The molecule has 3 heterocycles. The number of halogens is 2. The number of nitrogens with one attached hydrogen (secondary N) is 1. The Morgan fingerprint density at radius 2 is 1.93 bits per heavy atom. The van der Waals surface area contributed by atoms with Crippen LogP contribution in [0.15, 0.2) is 30.3 Å². The number of unbranched alkanes of at least 4 members (excludes halogenated alkanes) is 1. The standard InChI is InChI=1S/C28H32ClFN6O8S/c29-22-7-6-21(45-22)27(41)36(24(38)3-1-2-8-33-23(37)12-19(31)26(32)40)14-17-13-35(28(42)44-17)20-5-4-16(11-18(20)30)34-9-10-43-15-25(34)39/h4-7,11,17,19H,1-3,8-10,12-15,31H2,(H2,32,40)(H,33,37)/t17-,19+/m1/s1. The van der Waals surface area contributed by atoms with Crippen LogP contribution in [0.3, 0.4) is 0 Å². The highest BCUT2D eigenvalue weighted by Gasteiger charge is 2.38.